The van der Waals surface area contributed by atoms with E-state index in [-0.39, 0.29) is 83.5 Å². The minimum atomic E-state index is -1.94. The molecule has 3 aromatic carbocycles. The SMILES string of the molecule is CC(C)[C@H](NC(=O)[C@H](CO)NC(=O)[C@H](CC(=O)O)NC(=O)[C@@H]1CCCN1C(=O)[C@H](Cc1ccc(-c2ccccc2)cc1)NC(=O)[C@H](C)NC(=O)[C@H](CO)NC(=O)[C@@H](N)Cc1ccncc1)C(=O)N1CCC[C@H]1C(=O)N[C@@H](Cc1ccccc1)C(=O)N[C@@H](CCCN=C(N)N)C(=O)N1CCC[C@H]1C(N)=O. The van der Waals surface area contributed by atoms with E-state index in [1.165, 1.54) is 29.1 Å². The second-order valence-corrected chi connectivity index (χ2v) is 26.3. The summed E-state index contributed by atoms with van der Waals surface area (Å²) in [5.74, 6) is -12.8. The molecule has 19 N–H and O–H groups in total. The number of guanidine groups is 1. The Balaban J connectivity index is 1.02. The molecule has 0 unspecified atom stereocenters. The number of hydrogen-bond donors (Lipinski definition) is 15. The van der Waals surface area contributed by atoms with E-state index < -0.39 is 175 Å². The number of nitrogens with zero attached hydrogens (tertiary/aromatic N) is 5. The second kappa shape index (κ2) is 38.9. The van der Waals surface area contributed by atoms with Crippen LogP contribution in [0.2, 0.25) is 0 Å². The maximum Gasteiger partial charge on any atom is 0.305 e. The van der Waals surface area contributed by atoms with Gasteiger partial charge in [0.1, 0.15) is 66.5 Å². The maximum absolute atomic E-state index is 14.9. The number of carboxylic acid groups (broad SMARTS) is 1. The van der Waals surface area contributed by atoms with Gasteiger partial charge in [-0.05, 0) is 111 Å². The van der Waals surface area contributed by atoms with Crippen LogP contribution in [-0.2, 0) is 81.6 Å². The third-order valence-electron chi connectivity index (χ3n) is 18.3. The monoisotopic (exact) mass is 1440 g/mol. The van der Waals surface area contributed by atoms with Crippen LogP contribution in [-0.4, -0.2) is 230 Å². The summed E-state index contributed by atoms with van der Waals surface area (Å²) in [6, 6.07) is 11.8. The van der Waals surface area contributed by atoms with E-state index in [1.54, 1.807) is 68.4 Å². The number of pyridine rings is 1. The standard InChI is InChI=1S/C71H95N17O16/c1-40(2)58(70(104)88-33-13-21-56(88)67(101)80-49(35-42-14-6-4-7-15-42)62(96)79-48(18-10-28-77-71(74)75)68(102)86-31-11-19-54(86)59(73)93)85-65(99)53(39-90)84-63(97)50(37-57(91)92)81-66(100)55-20-12-32-87(55)69(103)51(36-43-22-24-46(25-23-43)45-16-8-5-9-17-45)82-60(94)41(3)78-64(98)52(38-89)83-61(95)47(72)34-44-26-29-76-30-27-44/h4-9,14-17,22-27,29-30,40-41,47-56,58,89-90H,10-13,18-21,28,31-39,72H2,1-3H3,(H2,73,93)(H,78,98)(H,79,96)(H,80,101)(H,81,100)(H,82,94)(H,83,95)(H,84,97)(H,85,99)(H,91,92)(H4,74,75,77)/t41-,47-,48-,49-,50-,51-,52-,53-,54-,55-,56-,58-/m0/s1. The Labute approximate surface area is 601 Å². The molecular weight excluding hydrogens is 1350 g/mol. The fourth-order valence-corrected chi connectivity index (χ4v) is 12.7. The molecule has 3 saturated heterocycles. The number of rotatable bonds is 36. The lowest BCUT2D eigenvalue weighted by Crippen LogP contribution is -2.62. The van der Waals surface area contributed by atoms with Crippen molar-refractivity contribution in [1.29, 1.82) is 0 Å². The Bertz CT molecular complexity index is 3700. The highest BCUT2D eigenvalue weighted by Gasteiger charge is 2.44. The zero-order valence-corrected chi connectivity index (χ0v) is 58.3. The summed E-state index contributed by atoms with van der Waals surface area (Å²) in [4.78, 5) is 192. The number of aliphatic hydroxyl groups excluding tert-OH is 2. The summed E-state index contributed by atoms with van der Waals surface area (Å²) in [5, 5.41) is 51.1. The quantitative estimate of drug-likeness (QED) is 0.0120. The maximum atomic E-state index is 14.9. The number of likely N-dealkylation sites (tertiary alicyclic amines) is 3. The first-order valence-corrected chi connectivity index (χ1v) is 34.6. The van der Waals surface area contributed by atoms with E-state index in [0.29, 0.717) is 36.0 Å². The minimum Gasteiger partial charge on any atom is -0.481 e. The molecule has 0 aliphatic carbocycles. The predicted molar refractivity (Wildman–Crippen MR) is 377 cm³/mol. The second-order valence-electron chi connectivity index (χ2n) is 26.3. The number of primary amides is 1. The summed E-state index contributed by atoms with van der Waals surface area (Å²) >= 11 is 0. The van der Waals surface area contributed by atoms with Gasteiger partial charge in [-0.25, -0.2) is 0 Å². The Morgan fingerprint density at radius 1 is 0.490 bits per heavy atom. The number of benzene rings is 3. The van der Waals surface area contributed by atoms with Gasteiger partial charge < -0.3 is 95.5 Å². The molecule has 3 fully saturated rings. The van der Waals surface area contributed by atoms with E-state index >= 15 is 0 Å². The molecule has 1 aromatic heterocycles. The number of hydrogen-bond acceptors (Lipinski definition) is 18. The van der Waals surface area contributed by atoms with Gasteiger partial charge >= 0.3 is 5.97 Å². The van der Waals surface area contributed by atoms with Crippen molar-refractivity contribution in [2.45, 2.75) is 170 Å². The number of carbonyl (C=O) groups excluding carboxylic acids is 12. The molecule has 7 rings (SSSR count). The van der Waals surface area contributed by atoms with Crippen LogP contribution in [0.3, 0.4) is 0 Å². The number of aliphatic hydroxyl groups is 2. The Hall–Kier alpha value is -10.9. The molecule has 0 radical (unpaired) electrons. The first kappa shape index (κ1) is 80.4. The fourth-order valence-electron chi connectivity index (χ4n) is 12.7. The largest absolute Gasteiger partial charge is 0.481 e. The van der Waals surface area contributed by atoms with Gasteiger partial charge in [0, 0.05) is 51.4 Å². The van der Waals surface area contributed by atoms with E-state index in [1.807, 2.05) is 42.5 Å². The van der Waals surface area contributed by atoms with Crippen LogP contribution < -0.4 is 65.5 Å². The molecule has 4 heterocycles. The van der Waals surface area contributed by atoms with Crippen molar-refractivity contribution in [3.63, 3.8) is 0 Å². The molecule has 560 valence electrons. The average Bonchev–Trinajstić information content (AvgIpc) is 1.57. The topological polar surface area (TPSA) is 518 Å². The van der Waals surface area contributed by atoms with E-state index in [9.17, 15) is 77.6 Å². The minimum absolute atomic E-state index is 0.000107. The first-order chi connectivity index (χ1) is 49.7. The van der Waals surface area contributed by atoms with Gasteiger partial charge in [-0.15, -0.1) is 0 Å². The molecule has 4 aromatic rings. The molecule has 33 nitrogen and oxygen atoms in total. The van der Waals surface area contributed by atoms with Gasteiger partial charge in [0.15, 0.2) is 5.96 Å². The van der Waals surface area contributed by atoms with Gasteiger partial charge in [0.2, 0.25) is 70.9 Å². The van der Waals surface area contributed by atoms with Crippen molar-refractivity contribution in [1.82, 2.24) is 62.2 Å². The highest BCUT2D eigenvalue weighted by molar-refractivity contribution is 6.00. The number of nitrogens with one attached hydrogen (secondary N) is 8. The number of aliphatic carboxylic acids is 1. The van der Waals surface area contributed by atoms with Crippen LogP contribution >= 0.6 is 0 Å². The zero-order valence-electron chi connectivity index (χ0n) is 58.3. The van der Waals surface area contributed by atoms with Crippen LogP contribution in [0.15, 0.2) is 114 Å². The number of carbonyl (C=O) groups is 13. The van der Waals surface area contributed by atoms with E-state index in [4.69, 9.17) is 22.9 Å². The summed E-state index contributed by atoms with van der Waals surface area (Å²) in [5.41, 5.74) is 26.4. The lowest BCUT2D eigenvalue weighted by atomic mass is 9.99. The Kier molecular flexibility index (Phi) is 30.1. The summed E-state index contributed by atoms with van der Waals surface area (Å²) < 4.78 is 0. The van der Waals surface area contributed by atoms with E-state index in [0.717, 1.165) is 16.0 Å². The smallest absolute Gasteiger partial charge is 0.305 e. The summed E-state index contributed by atoms with van der Waals surface area (Å²) in [7, 11) is 0. The molecule has 33 heteroatoms. The normalized spacial score (nSPS) is 18.1. The molecule has 0 spiro atoms. The van der Waals surface area contributed by atoms with Crippen LogP contribution in [0, 0.1) is 5.92 Å². The van der Waals surface area contributed by atoms with Gasteiger partial charge in [0.25, 0.3) is 0 Å². The third kappa shape index (κ3) is 22.8. The third-order valence-corrected chi connectivity index (χ3v) is 18.3. The van der Waals surface area contributed by atoms with E-state index in [2.05, 4.69) is 52.5 Å². The first-order valence-electron chi connectivity index (χ1n) is 34.6. The van der Waals surface area contributed by atoms with Crippen LogP contribution in [0.1, 0.15) is 95.2 Å². The lowest BCUT2D eigenvalue weighted by Gasteiger charge is -2.32. The molecule has 0 saturated carbocycles. The molecule has 3 aliphatic heterocycles. The van der Waals surface area contributed by atoms with Gasteiger partial charge in [-0.2, -0.15) is 0 Å². The molecule has 104 heavy (non-hydrogen) atoms. The fraction of sp³-hybridized carbons (Fsp3) is 0.479. The number of amides is 12. The van der Waals surface area contributed by atoms with Crippen LogP contribution in [0.25, 0.3) is 11.1 Å². The van der Waals surface area contributed by atoms with Crippen molar-refractivity contribution in [3.05, 3.63) is 126 Å². The molecule has 3 aliphatic rings. The van der Waals surface area contributed by atoms with Gasteiger partial charge in [0.05, 0.1) is 25.7 Å². The number of nitrogens with two attached hydrogens (primary N) is 4. The van der Waals surface area contributed by atoms with Crippen molar-refractivity contribution in [2.75, 3.05) is 39.4 Å². The predicted octanol–water partition coefficient (Wildman–Crippen LogP) is -3.37. The molecule has 12 atom stereocenters. The Morgan fingerprint density at radius 3 is 1.50 bits per heavy atom. The lowest BCUT2D eigenvalue weighted by molar-refractivity contribution is -0.145. The van der Waals surface area contributed by atoms with Crippen molar-refractivity contribution >= 4 is 82.8 Å². The zero-order chi connectivity index (χ0) is 75.7. The summed E-state index contributed by atoms with van der Waals surface area (Å²) in [6.45, 7) is 2.78. The van der Waals surface area contributed by atoms with Crippen molar-refractivity contribution in [2.24, 2.45) is 33.8 Å². The van der Waals surface area contributed by atoms with Crippen LogP contribution in [0.4, 0.5) is 0 Å². The van der Waals surface area contributed by atoms with Crippen molar-refractivity contribution < 1.29 is 77.6 Å². The molecule has 0 bridgehead atoms. The van der Waals surface area contributed by atoms with Crippen molar-refractivity contribution in [3.8, 4) is 11.1 Å². The number of carboxylic acids is 1. The molecule has 12 amide bonds. The highest BCUT2D eigenvalue weighted by Crippen LogP contribution is 2.26. The van der Waals surface area contributed by atoms with Crippen LogP contribution in [0.5, 0.6) is 0 Å². The molecular formula is C71H95N17O16. The number of aromatic nitrogens is 1. The van der Waals surface area contributed by atoms with Gasteiger partial charge in [-0.3, -0.25) is 72.3 Å². The summed E-state index contributed by atoms with van der Waals surface area (Å²) in [6.07, 6.45) is 3.57. The average molecular weight is 1440 g/mol. The highest BCUT2D eigenvalue weighted by atomic mass is 16.4. The Morgan fingerprint density at radius 2 is 0.942 bits per heavy atom. The van der Waals surface area contributed by atoms with Gasteiger partial charge in [-0.1, -0.05) is 98.8 Å². The number of aliphatic imine (C=N–C) groups is 1.